The highest BCUT2D eigenvalue weighted by atomic mass is 19.4. The smallest absolute Gasteiger partial charge is 0.417 e. The predicted octanol–water partition coefficient (Wildman–Crippen LogP) is 1.72. The van der Waals surface area contributed by atoms with E-state index in [1.807, 2.05) is 0 Å². The van der Waals surface area contributed by atoms with E-state index in [2.05, 4.69) is 10.5 Å². The third-order valence-electron chi connectivity index (χ3n) is 2.92. The molecule has 0 unspecified atom stereocenters. The Kier molecular flexibility index (Phi) is 5.02. The van der Waals surface area contributed by atoms with Crippen molar-refractivity contribution >= 4 is 12.1 Å². The average molecular weight is 339 g/mol. The van der Waals surface area contributed by atoms with Crippen LogP contribution in [0.3, 0.4) is 0 Å². The highest BCUT2D eigenvalue weighted by Gasteiger charge is 2.31. The van der Waals surface area contributed by atoms with Gasteiger partial charge in [0, 0.05) is 12.3 Å². The summed E-state index contributed by atoms with van der Waals surface area (Å²) in [6.45, 7) is -0.602. The summed E-state index contributed by atoms with van der Waals surface area (Å²) in [6, 6.07) is 7.33. The molecule has 0 radical (unpaired) electrons. The minimum atomic E-state index is -4.61. The first-order valence-electron chi connectivity index (χ1n) is 6.64. The van der Waals surface area contributed by atoms with E-state index in [0.717, 1.165) is 6.07 Å². The van der Waals surface area contributed by atoms with Gasteiger partial charge in [0.1, 0.15) is 12.3 Å². The standard InChI is InChI=1S/C15H12F3N3O3/c16-15(17,18)11-3-6-14(24)21(8-11)9-13(23)20-19-7-10-1-4-12(22)5-2-10/h1-8,22H,9H2,(H,20,23)/b19-7+. The van der Waals surface area contributed by atoms with E-state index in [9.17, 15) is 22.8 Å². The number of nitrogens with one attached hydrogen (secondary N) is 1. The number of halogens is 3. The lowest BCUT2D eigenvalue weighted by Crippen LogP contribution is -2.30. The molecule has 0 saturated carbocycles. The van der Waals surface area contributed by atoms with Crippen LogP contribution < -0.4 is 11.0 Å². The van der Waals surface area contributed by atoms with Crippen LogP contribution in [0.25, 0.3) is 0 Å². The van der Waals surface area contributed by atoms with Crippen LogP contribution in [0.1, 0.15) is 11.1 Å². The fraction of sp³-hybridized carbons (Fsp3) is 0.133. The van der Waals surface area contributed by atoms with Gasteiger partial charge < -0.3 is 9.67 Å². The summed E-state index contributed by atoms with van der Waals surface area (Å²) in [4.78, 5) is 23.2. The number of aromatic hydroxyl groups is 1. The van der Waals surface area contributed by atoms with E-state index < -0.39 is 29.8 Å². The normalized spacial score (nSPS) is 11.6. The Bertz CT molecular complexity index is 811. The number of phenols is 1. The third-order valence-corrected chi connectivity index (χ3v) is 2.92. The summed E-state index contributed by atoms with van der Waals surface area (Å²) >= 11 is 0. The first-order chi connectivity index (χ1) is 11.3. The largest absolute Gasteiger partial charge is 0.508 e. The summed E-state index contributed by atoms with van der Waals surface area (Å²) in [7, 11) is 0. The van der Waals surface area contributed by atoms with Gasteiger partial charge in [0.05, 0.1) is 11.8 Å². The van der Waals surface area contributed by atoms with Crippen LogP contribution in [-0.4, -0.2) is 21.8 Å². The lowest BCUT2D eigenvalue weighted by molar-refractivity contribution is -0.138. The topological polar surface area (TPSA) is 83.7 Å². The quantitative estimate of drug-likeness (QED) is 0.657. The Labute approximate surface area is 133 Å². The van der Waals surface area contributed by atoms with Gasteiger partial charge in [-0.3, -0.25) is 9.59 Å². The SMILES string of the molecule is O=C(Cn1cc(C(F)(F)F)ccc1=O)N/N=C/c1ccc(O)cc1. The summed E-state index contributed by atoms with van der Waals surface area (Å²) in [5, 5.41) is 12.7. The molecule has 2 aromatic rings. The number of hydrazone groups is 1. The molecule has 0 atom stereocenters. The molecule has 2 rings (SSSR count). The highest BCUT2D eigenvalue weighted by molar-refractivity contribution is 5.82. The van der Waals surface area contributed by atoms with Crippen LogP contribution >= 0.6 is 0 Å². The van der Waals surface area contributed by atoms with Gasteiger partial charge in [-0.05, 0) is 35.9 Å². The number of hydrogen-bond donors (Lipinski definition) is 2. The molecule has 0 spiro atoms. The average Bonchev–Trinajstić information content (AvgIpc) is 2.50. The van der Waals surface area contributed by atoms with Crippen molar-refractivity contribution in [3.8, 4) is 5.75 Å². The molecule has 1 amide bonds. The van der Waals surface area contributed by atoms with Crippen LogP contribution in [0.4, 0.5) is 13.2 Å². The second kappa shape index (κ2) is 6.99. The maximum absolute atomic E-state index is 12.6. The molecule has 1 aromatic carbocycles. The number of carbonyl (C=O) groups is 1. The van der Waals surface area contributed by atoms with Crippen molar-refractivity contribution in [3.63, 3.8) is 0 Å². The molecule has 6 nitrogen and oxygen atoms in total. The molecule has 0 bridgehead atoms. The van der Waals surface area contributed by atoms with Crippen LogP contribution in [0, 0.1) is 0 Å². The summed E-state index contributed by atoms with van der Waals surface area (Å²) in [6.07, 6.45) is -2.75. The van der Waals surface area contributed by atoms with E-state index in [4.69, 9.17) is 5.11 Å². The van der Waals surface area contributed by atoms with Gasteiger partial charge >= 0.3 is 6.18 Å². The molecule has 0 aliphatic rings. The molecule has 0 aliphatic carbocycles. The van der Waals surface area contributed by atoms with E-state index in [-0.39, 0.29) is 5.75 Å². The molecule has 0 saturated heterocycles. The van der Waals surface area contributed by atoms with Gasteiger partial charge in [-0.2, -0.15) is 18.3 Å². The highest BCUT2D eigenvalue weighted by Crippen LogP contribution is 2.27. The number of aromatic nitrogens is 1. The predicted molar refractivity (Wildman–Crippen MR) is 79.5 cm³/mol. The first kappa shape index (κ1) is 17.3. The Morgan fingerprint density at radius 3 is 2.50 bits per heavy atom. The van der Waals surface area contributed by atoms with Crippen molar-refractivity contribution in [2.24, 2.45) is 5.10 Å². The number of amides is 1. The van der Waals surface area contributed by atoms with Crippen molar-refractivity contribution in [1.29, 1.82) is 0 Å². The van der Waals surface area contributed by atoms with Gasteiger partial charge in [-0.15, -0.1) is 0 Å². The van der Waals surface area contributed by atoms with E-state index in [0.29, 0.717) is 22.4 Å². The monoisotopic (exact) mass is 339 g/mol. The lowest BCUT2D eigenvalue weighted by Gasteiger charge is -2.09. The first-order valence-corrected chi connectivity index (χ1v) is 6.64. The minimum Gasteiger partial charge on any atom is -0.508 e. The molecule has 1 heterocycles. The third kappa shape index (κ3) is 4.70. The van der Waals surface area contributed by atoms with Crippen LogP contribution in [0.5, 0.6) is 5.75 Å². The molecule has 0 aliphatic heterocycles. The zero-order chi connectivity index (χ0) is 17.7. The Morgan fingerprint density at radius 2 is 1.88 bits per heavy atom. The molecular weight excluding hydrogens is 327 g/mol. The number of benzene rings is 1. The van der Waals surface area contributed by atoms with E-state index >= 15 is 0 Å². The van der Waals surface area contributed by atoms with E-state index in [1.165, 1.54) is 18.3 Å². The molecular formula is C15H12F3N3O3. The van der Waals surface area contributed by atoms with Crippen molar-refractivity contribution in [2.45, 2.75) is 12.7 Å². The number of rotatable bonds is 4. The summed E-state index contributed by atoms with van der Waals surface area (Å²) in [5.74, 6) is -0.688. The number of pyridine rings is 1. The second-order valence-electron chi connectivity index (χ2n) is 4.77. The molecule has 9 heteroatoms. The van der Waals surface area contributed by atoms with Gasteiger partial charge in [-0.1, -0.05) is 0 Å². The number of carbonyl (C=O) groups excluding carboxylic acids is 1. The Hall–Kier alpha value is -3.10. The molecule has 0 fully saturated rings. The van der Waals surface area contributed by atoms with Gasteiger partial charge in [-0.25, -0.2) is 5.43 Å². The maximum Gasteiger partial charge on any atom is 0.417 e. The summed E-state index contributed by atoms with van der Waals surface area (Å²) < 4.78 is 38.4. The van der Waals surface area contributed by atoms with E-state index in [1.54, 1.807) is 12.1 Å². The van der Waals surface area contributed by atoms with Gasteiger partial charge in [0.25, 0.3) is 11.5 Å². The van der Waals surface area contributed by atoms with Crippen LogP contribution in [0.15, 0.2) is 52.5 Å². The van der Waals surface area contributed by atoms with Crippen molar-refractivity contribution in [3.05, 3.63) is 64.1 Å². The van der Waals surface area contributed by atoms with Crippen LogP contribution in [0.2, 0.25) is 0 Å². The molecule has 2 N–H and O–H groups in total. The number of phenolic OH excluding ortho intramolecular Hbond substituents is 1. The van der Waals surface area contributed by atoms with Crippen molar-refractivity contribution < 1.29 is 23.1 Å². The minimum absolute atomic E-state index is 0.0695. The summed E-state index contributed by atoms with van der Waals surface area (Å²) in [5.41, 5.74) is 0.933. The molecule has 24 heavy (non-hydrogen) atoms. The van der Waals surface area contributed by atoms with Crippen LogP contribution in [-0.2, 0) is 17.5 Å². The Morgan fingerprint density at radius 1 is 1.21 bits per heavy atom. The zero-order valence-corrected chi connectivity index (χ0v) is 12.1. The molecule has 1 aromatic heterocycles. The lowest BCUT2D eigenvalue weighted by atomic mass is 10.2. The number of alkyl halides is 3. The second-order valence-corrected chi connectivity index (χ2v) is 4.77. The number of nitrogens with zero attached hydrogens (tertiary/aromatic N) is 2. The van der Waals surface area contributed by atoms with Gasteiger partial charge in [0.2, 0.25) is 0 Å². The maximum atomic E-state index is 12.6. The fourth-order valence-electron chi connectivity index (χ4n) is 1.75. The molecule has 126 valence electrons. The van der Waals surface area contributed by atoms with Crippen molar-refractivity contribution in [1.82, 2.24) is 9.99 Å². The Balaban J connectivity index is 2.02. The van der Waals surface area contributed by atoms with Gasteiger partial charge in [0.15, 0.2) is 0 Å². The zero-order valence-electron chi connectivity index (χ0n) is 12.1. The number of hydrogen-bond acceptors (Lipinski definition) is 4. The fourth-order valence-corrected chi connectivity index (χ4v) is 1.75. The van der Waals surface area contributed by atoms with Crippen molar-refractivity contribution in [2.75, 3.05) is 0 Å².